The van der Waals surface area contributed by atoms with E-state index in [1.54, 1.807) is 0 Å². The number of hydrogen-bond acceptors (Lipinski definition) is 6. The van der Waals surface area contributed by atoms with Gasteiger partial charge in [-0.1, -0.05) is 0 Å². The third-order valence-electron chi connectivity index (χ3n) is 2.11. The first-order chi connectivity index (χ1) is 7.63. The van der Waals surface area contributed by atoms with Crippen molar-refractivity contribution in [3.05, 3.63) is 21.9 Å². The van der Waals surface area contributed by atoms with Crippen molar-refractivity contribution in [2.24, 2.45) is 0 Å². The van der Waals surface area contributed by atoms with Crippen molar-refractivity contribution >= 4 is 33.9 Å². The van der Waals surface area contributed by atoms with Crippen LogP contribution in [0.25, 0.3) is 0 Å². The van der Waals surface area contributed by atoms with Gasteiger partial charge in [-0.25, -0.2) is 0 Å². The van der Waals surface area contributed by atoms with Crippen LogP contribution in [0.5, 0.6) is 0 Å². The minimum Gasteiger partial charge on any atom is -0.367 e. The highest BCUT2D eigenvalue weighted by Gasteiger charge is 2.08. The van der Waals surface area contributed by atoms with Crippen molar-refractivity contribution in [2.75, 3.05) is 11.1 Å². The number of nitrogens with one attached hydrogen (secondary N) is 1. The quantitative estimate of drug-likeness (QED) is 0.880. The molecular weight excluding hydrogens is 240 g/mol. The van der Waals surface area contributed by atoms with Crippen molar-refractivity contribution in [2.45, 2.75) is 26.3 Å². The Labute approximate surface area is 103 Å². The smallest absolute Gasteiger partial charge is 0.233 e. The van der Waals surface area contributed by atoms with Gasteiger partial charge in [0.2, 0.25) is 11.1 Å². The highest BCUT2D eigenvalue weighted by molar-refractivity contribution is 7.11. The number of nitrogen functional groups attached to an aromatic ring is 1. The van der Waals surface area contributed by atoms with Crippen molar-refractivity contribution < 1.29 is 0 Å². The molecule has 0 aliphatic heterocycles. The molecule has 1 unspecified atom stereocenters. The van der Waals surface area contributed by atoms with E-state index in [-0.39, 0.29) is 0 Å². The Morgan fingerprint density at radius 3 is 2.88 bits per heavy atom. The molecule has 4 nitrogen and oxygen atoms in total. The van der Waals surface area contributed by atoms with E-state index in [2.05, 4.69) is 40.7 Å². The molecule has 0 fully saturated rings. The summed E-state index contributed by atoms with van der Waals surface area (Å²) >= 11 is 3.13. The zero-order valence-electron chi connectivity index (χ0n) is 9.23. The first kappa shape index (κ1) is 11.3. The summed E-state index contributed by atoms with van der Waals surface area (Å²) in [5.41, 5.74) is 5.46. The maximum atomic E-state index is 5.46. The maximum Gasteiger partial charge on any atom is 0.233 e. The van der Waals surface area contributed by atoms with Crippen LogP contribution in [0, 0.1) is 6.92 Å². The minimum atomic E-state index is 0.338. The van der Waals surface area contributed by atoms with Crippen molar-refractivity contribution in [1.29, 1.82) is 0 Å². The van der Waals surface area contributed by atoms with Crippen molar-refractivity contribution in [3.8, 4) is 0 Å². The number of anilines is 2. The number of nitrogens with two attached hydrogens (primary N) is 1. The van der Waals surface area contributed by atoms with E-state index in [1.165, 1.54) is 21.3 Å². The SMILES string of the molecule is Cc1ccc(CC(C)Nc2nc(N)ns2)s1. The summed E-state index contributed by atoms with van der Waals surface area (Å²) in [7, 11) is 0. The largest absolute Gasteiger partial charge is 0.367 e. The molecule has 2 heterocycles. The molecule has 86 valence electrons. The van der Waals surface area contributed by atoms with Crippen LogP contribution >= 0.6 is 22.9 Å². The summed E-state index contributed by atoms with van der Waals surface area (Å²) in [5, 5.41) is 4.08. The van der Waals surface area contributed by atoms with E-state index < -0.39 is 0 Å². The third kappa shape index (κ3) is 2.93. The molecule has 2 aromatic rings. The zero-order valence-corrected chi connectivity index (χ0v) is 10.9. The van der Waals surface area contributed by atoms with Gasteiger partial charge >= 0.3 is 0 Å². The van der Waals surface area contributed by atoms with Crippen molar-refractivity contribution in [1.82, 2.24) is 9.36 Å². The van der Waals surface area contributed by atoms with Gasteiger partial charge in [0.15, 0.2) is 0 Å². The second-order valence-electron chi connectivity index (χ2n) is 3.72. The summed E-state index contributed by atoms with van der Waals surface area (Å²) in [6.07, 6.45) is 0.998. The molecule has 16 heavy (non-hydrogen) atoms. The Morgan fingerprint density at radius 1 is 1.50 bits per heavy atom. The highest BCUT2D eigenvalue weighted by atomic mass is 32.1. The first-order valence-corrected chi connectivity index (χ1v) is 6.63. The molecule has 0 saturated carbocycles. The van der Waals surface area contributed by atoms with Crippen LogP contribution < -0.4 is 11.1 Å². The van der Waals surface area contributed by atoms with E-state index >= 15 is 0 Å². The lowest BCUT2D eigenvalue weighted by molar-refractivity contribution is 0.799. The number of aryl methyl sites for hydroxylation is 1. The van der Waals surface area contributed by atoms with Crippen LogP contribution in [-0.2, 0) is 6.42 Å². The van der Waals surface area contributed by atoms with E-state index in [1.807, 2.05) is 11.3 Å². The average Bonchev–Trinajstić information content (AvgIpc) is 2.76. The lowest BCUT2D eigenvalue weighted by atomic mass is 10.2. The predicted octanol–water partition coefficient (Wildman–Crippen LogP) is 2.53. The summed E-state index contributed by atoms with van der Waals surface area (Å²) in [6, 6.07) is 4.66. The second kappa shape index (κ2) is 4.80. The van der Waals surface area contributed by atoms with Crippen LogP contribution in [0.2, 0.25) is 0 Å². The Hall–Kier alpha value is -1.14. The molecule has 1 atom stereocenters. The fourth-order valence-corrected chi connectivity index (χ4v) is 3.08. The van der Waals surface area contributed by atoms with E-state index in [9.17, 15) is 0 Å². The van der Waals surface area contributed by atoms with Gasteiger partial charge in [-0.05, 0) is 26.0 Å². The number of nitrogens with zero attached hydrogens (tertiary/aromatic N) is 2. The molecule has 2 aromatic heterocycles. The van der Waals surface area contributed by atoms with Crippen LogP contribution in [0.1, 0.15) is 16.7 Å². The Balaban J connectivity index is 1.91. The lowest BCUT2D eigenvalue weighted by Gasteiger charge is -2.10. The van der Waals surface area contributed by atoms with Gasteiger partial charge in [0.05, 0.1) is 0 Å². The normalized spacial score (nSPS) is 12.6. The van der Waals surface area contributed by atoms with Gasteiger partial charge in [-0.3, -0.25) is 0 Å². The molecule has 0 amide bonds. The molecule has 0 saturated heterocycles. The predicted molar refractivity (Wildman–Crippen MR) is 70.2 cm³/mol. The Morgan fingerprint density at radius 2 is 2.31 bits per heavy atom. The fourth-order valence-electron chi connectivity index (χ4n) is 1.45. The van der Waals surface area contributed by atoms with Gasteiger partial charge < -0.3 is 11.1 Å². The number of thiophene rings is 1. The molecule has 0 spiro atoms. The highest BCUT2D eigenvalue weighted by Crippen LogP contribution is 2.19. The second-order valence-corrected chi connectivity index (χ2v) is 5.84. The summed E-state index contributed by atoms with van der Waals surface area (Å²) in [5.74, 6) is 0.340. The summed E-state index contributed by atoms with van der Waals surface area (Å²) < 4.78 is 3.93. The molecule has 6 heteroatoms. The standard InChI is InChI=1S/C10H14N4S2/c1-6(5-8-4-3-7(2)15-8)12-10-13-9(11)14-16-10/h3-4,6H,5H2,1-2H3,(H3,11,12,13,14). The minimum absolute atomic E-state index is 0.338. The molecule has 3 N–H and O–H groups in total. The van der Waals surface area contributed by atoms with Crippen LogP contribution in [-0.4, -0.2) is 15.4 Å². The molecule has 0 aromatic carbocycles. The third-order valence-corrected chi connectivity index (χ3v) is 3.80. The van der Waals surface area contributed by atoms with E-state index in [0.29, 0.717) is 12.0 Å². The van der Waals surface area contributed by atoms with Gasteiger partial charge in [-0.15, -0.1) is 11.3 Å². The lowest BCUT2D eigenvalue weighted by Crippen LogP contribution is -2.17. The molecule has 2 rings (SSSR count). The summed E-state index contributed by atoms with van der Waals surface area (Å²) in [4.78, 5) is 6.81. The Kier molecular flexibility index (Phi) is 3.40. The van der Waals surface area contributed by atoms with E-state index in [4.69, 9.17) is 5.73 Å². The van der Waals surface area contributed by atoms with Gasteiger partial charge in [0, 0.05) is 33.7 Å². The molecule has 0 aliphatic carbocycles. The van der Waals surface area contributed by atoms with Crippen LogP contribution in [0.3, 0.4) is 0 Å². The average molecular weight is 254 g/mol. The van der Waals surface area contributed by atoms with Gasteiger partial charge in [-0.2, -0.15) is 9.36 Å². The van der Waals surface area contributed by atoms with Crippen LogP contribution in [0.15, 0.2) is 12.1 Å². The van der Waals surface area contributed by atoms with E-state index in [0.717, 1.165) is 11.6 Å². The monoisotopic (exact) mass is 254 g/mol. The number of rotatable bonds is 4. The zero-order chi connectivity index (χ0) is 11.5. The molecule has 0 aliphatic rings. The van der Waals surface area contributed by atoms with Crippen LogP contribution in [0.4, 0.5) is 11.1 Å². The van der Waals surface area contributed by atoms with Gasteiger partial charge in [0.1, 0.15) is 0 Å². The first-order valence-electron chi connectivity index (χ1n) is 5.04. The molecule has 0 bridgehead atoms. The van der Waals surface area contributed by atoms with Crippen molar-refractivity contribution in [3.63, 3.8) is 0 Å². The fraction of sp³-hybridized carbons (Fsp3) is 0.400. The van der Waals surface area contributed by atoms with Gasteiger partial charge in [0.25, 0.3) is 0 Å². The Bertz CT molecular complexity index is 421. The summed E-state index contributed by atoms with van der Waals surface area (Å²) in [6.45, 7) is 4.25. The maximum absolute atomic E-state index is 5.46. The number of hydrogen-bond donors (Lipinski definition) is 2. The topological polar surface area (TPSA) is 63.8 Å². The molecular formula is C10H14N4S2. The number of aromatic nitrogens is 2. The molecule has 0 radical (unpaired) electrons.